The van der Waals surface area contributed by atoms with Crippen molar-refractivity contribution in [3.63, 3.8) is 0 Å². The molecule has 1 saturated heterocycles. The van der Waals surface area contributed by atoms with Gasteiger partial charge in [-0.1, -0.05) is 35.0 Å². The van der Waals surface area contributed by atoms with Gasteiger partial charge in [-0.25, -0.2) is 13.1 Å². The molecule has 1 aliphatic heterocycles. The summed E-state index contributed by atoms with van der Waals surface area (Å²) < 4.78 is 26.8. The summed E-state index contributed by atoms with van der Waals surface area (Å²) in [6, 6.07) is 15.3. The SMILES string of the molecule is Cc1ccc([C@@H]2C[C@H]2NCCC[C@H](NC(=O)c2ccc(-n3ccnn3)cc2)C(=O)N2CCN(S(C)(=O)=O)CC2)cc1. The van der Waals surface area contributed by atoms with E-state index >= 15 is 0 Å². The summed E-state index contributed by atoms with van der Waals surface area (Å²) in [5.74, 6) is -0.00750. The van der Waals surface area contributed by atoms with Crippen LogP contribution >= 0.6 is 0 Å². The molecule has 0 spiro atoms. The molecule has 2 heterocycles. The van der Waals surface area contributed by atoms with Gasteiger partial charge in [-0.3, -0.25) is 9.59 Å². The molecule has 2 aliphatic rings. The van der Waals surface area contributed by atoms with Gasteiger partial charge in [0.15, 0.2) is 0 Å². The predicted molar refractivity (Wildman–Crippen MR) is 155 cm³/mol. The molecule has 3 atom stereocenters. The smallest absolute Gasteiger partial charge is 0.251 e. The third kappa shape index (κ3) is 7.38. The molecular weight excluding hydrogens is 542 g/mol. The summed E-state index contributed by atoms with van der Waals surface area (Å²) in [7, 11) is -3.31. The number of aromatic nitrogens is 3. The first-order valence-corrected chi connectivity index (χ1v) is 15.9. The second kappa shape index (κ2) is 12.5. The Morgan fingerprint density at radius 2 is 1.73 bits per heavy atom. The van der Waals surface area contributed by atoms with Gasteiger partial charge in [0.1, 0.15) is 6.04 Å². The van der Waals surface area contributed by atoms with E-state index in [9.17, 15) is 18.0 Å². The van der Waals surface area contributed by atoms with E-state index in [2.05, 4.69) is 52.1 Å². The highest BCUT2D eigenvalue weighted by atomic mass is 32.2. The number of hydrogen-bond acceptors (Lipinski definition) is 7. The van der Waals surface area contributed by atoms with Crippen molar-refractivity contribution in [1.82, 2.24) is 34.8 Å². The second-order valence-electron chi connectivity index (χ2n) is 10.9. The molecule has 1 aromatic heterocycles. The van der Waals surface area contributed by atoms with Crippen LogP contribution < -0.4 is 10.6 Å². The third-order valence-corrected chi connectivity index (χ3v) is 9.11. The Morgan fingerprint density at radius 3 is 2.37 bits per heavy atom. The molecule has 11 nitrogen and oxygen atoms in total. The van der Waals surface area contributed by atoms with Gasteiger partial charge in [0, 0.05) is 43.7 Å². The molecule has 2 amide bonds. The molecule has 0 radical (unpaired) electrons. The number of piperazine rings is 1. The number of hydrogen-bond donors (Lipinski definition) is 2. The van der Waals surface area contributed by atoms with E-state index in [1.54, 1.807) is 46.2 Å². The maximum Gasteiger partial charge on any atom is 0.251 e. The lowest BCUT2D eigenvalue weighted by Crippen LogP contribution is -2.55. The van der Waals surface area contributed by atoms with Gasteiger partial charge in [0.25, 0.3) is 5.91 Å². The molecule has 1 saturated carbocycles. The van der Waals surface area contributed by atoms with Gasteiger partial charge >= 0.3 is 0 Å². The lowest BCUT2D eigenvalue weighted by atomic mass is 10.1. The molecule has 1 aliphatic carbocycles. The Balaban J connectivity index is 1.18. The van der Waals surface area contributed by atoms with E-state index in [0.717, 1.165) is 18.7 Å². The fourth-order valence-corrected chi connectivity index (χ4v) is 6.09. The molecule has 5 rings (SSSR count). The van der Waals surface area contributed by atoms with Crippen molar-refractivity contribution in [2.75, 3.05) is 39.0 Å². The van der Waals surface area contributed by atoms with Gasteiger partial charge in [0.05, 0.1) is 24.3 Å². The van der Waals surface area contributed by atoms with Crippen LogP contribution in [0.5, 0.6) is 0 Å². The van der Waals surface area contributed by atoms with Crippen LogP contribution in [0.1, 0.15) is 46.7 Å². The molecular formula is C29H37N7O4S. The van der Waals surface area contributed by atoms with Gasteiger partial charge in [-0.2, -0.15) is 4.31 Å². The van der Waals surface area contributed by atoms with E-state index in [1.807, 2.05) is 0 Å². The zero-order valence-electron chi connectivity index (χ0n) is 23.4. The number of carbonyl (C=O) groups excluding carboxylic acids is 2. The Bertz CT molecular complexity index is 1440. The number of rotatable bonds is 11. The lowest BCUT2D eigenvalue weighted by Gasteiger charge is -2.35. The third-order valence-electron chi connectivity index (χ3n) is 7.81. The molecule has 2 N–H and O–H groups in total. The summed E-state index contributed by atoms with van der Waals surface area (Å²) in [6.45, 7) is 3.91. The monoisotopic (exact) mass is 579 g/mol. The number of nitrogens with one attached hydrogen (secondary N) is 2. The average molecular weight is 580 g/mol. The van der Waals surface area contributed by atoms with Gasteiger partial charge < -0.3 is 15.5 Å². The molecule has 0 unspecified atom stereocenters. The minimum Gasteiger partial charge on any atom is -0.340 e. The first-order valence-electron chi connectivity index (χ1n) is 14.0. The van der Waals surface area contributed by atoms with Gasteiger partial charge in [0.2, 0.25) is 15.9 Å². The number of carbonyl (C=O) groups is 2. The van der Waals surface area contributed by atoms with Crippen molar-refractivity contribution in [3.8, 4) is 5.69 Å². The Morgan fingerprint density at radius 1 is 1.02 bits per heavy atom. The quantitative estimate of drug-likeness (QED) is 0.331. The number of benzene rings is 2. The van der Waals surface area contributed by atoms with Crippen molar-refractivity contribution in [2.24, 2.45) is 0 Å². The first-order chi connectivity index (χ1) is 19.7. The van der Waals surface area contributed by atoms with Crippen LogP contribution in [0.25, 0.3) is 5.69 Å². The van der Waals surface area contributed by atoms with E-state index in [4.69, 9.17) is 0 Å². The Hall–Kier alpha value is -3.61. The summed E-state index contributed by atoms with van der Waals surface area (Å²) >= 11 is 0. The largest absolute Gasteiger partial charge is 0.340 e. The minimum absolute atomic E-state index is 0.185. The second-order valence-corrected chi connectivity index (χ2v) is 12.8. The lowest BCUT2D eigenvalue weighted by molar-refractivity contribution is -0.134. The Kier molecular flexibility index (Phi) is 8.81. The molecule has 2 fully saturated rings. The highest BCUT2D eigenvalue weighted by Gasteiger charge is 2.37. The fraction of sp³-hybridized carbons (Fsp3) is 0.448. The van der Waals surface area contributed by atoms with Crippen LogP contribution in [-0.4, -0.2) is 95.5 Å². The molecule has 41 heavy (non-hydrogen) atoms. The molecule has 218 valence electrons. The van der Waals surface area contributed by atoms with Crippen molar-refractivity contribution in [3.05, 3.63) is 77.6 Å². The summed E-state index contributed by atoms with van der Waals surface area (Å²) in [5.41, 5.74) is 3.80. The first kappa shape index (κ1) is 28.9. The maximum absolute atomic E-state index is 13.5. The molecule has 3 aromatic rings. The molecule has 0 bridgehead atoms. The van der Waals surface area contributed by atoms with Crippen molar-refractivity contribution in [1.29, 1.82) is 0 Å². The van der Waals surface area contributed by atoms with Crippen molar-refractivity contribution < 1.29 is 18.0 Å². The highest BCUT2D eigenvalue weighted by Crippen LogP contribution is 2.40. The van der Waals surface area contributed by atoms with Crippen LogP contribution in [0.2, 0.25) is 0 Å². The van der Waals surface area contributed by atoms with Crippen LogP contribution in [0.3, 0.4) is 0 Å². The van der Waals surface area contributed by atoms with E-state index in [0.29, 0.717) is 43.5 Å². The average Bonchev–Trinajstić information content (AvgIpc) is 3.52. The summed E-state index contributed by atoms with van der Waals surface area (Å²) in [6.07, 6.45) is 6.75. The van der Waals surface area contributed by atoms with E-state index in [1.165, 1.54) is 21.7 Å². The van der Waals surface area contributed by atoms with Crippen molar-refractivity contribution in [2.45, 2.75) is 44.2 Å². The number of amides is 2. The standard InChI is InChI=1S/C29H37N7O4S/c1-21-5-7-22(8-6-21)25-20-27(25)30-13-3-4-26(29(38)34-16-18-35(19-17-34)41(2,39)40)32-28(37)23-9-11-24(12-10-23)36-15-14-31-33-36/h5-12,14-15,25-27,30H,3-4,13,16-20H2,1-2H3,(H,32,37)/t25-,26-,27+/m0/s1. The van der Waals surface area contributed by atoms with Crippen LogP contribution in [0.15, 0.2) is 60.9 Å². The van der Waals surface area contributed by atoms with Crippen LogP contribution in [0, 0.1) is 6.92 Å². The Labute approximate surface area is 241 Å². The minimum atomic E-state index is -3.31. The molecule has 2 aromatic carbocycles. The van der Waals surface area contributed by atoms with Crippen LogP contribution in [-0.2, 0) is 14.8 Å². The fourth-order valence-electron chi connectivity index (χ4n) is 5.27. The van der Waals surface area contributed by atoms with Crippen molar-refractivity contribution >= 4 is 21.8 Å². The predicted octanol–water partition coefficient (Wildman–Crippen LogP) is 1.70. The zero-order valence-corrected chi connectivity index (χ0v) is 24.3. The maximum atomic E-state index is 13.5. The number of sulfonamides is 1. The summed E-state index contributed by atoms with van der Waals surface area (Å²) in [5, 5.41) is 14.3. The van der Waals surface area contributed by atoms with Crippen LogP contribution in [0.4, 0.5) is 0 Å². The molecule has 12 heteroatoms. The number of aryl methyl sites for hydroxylation is 1. The summed E-state index contributed by atoms with van der Waals surface area (Å²) in [4.78, 5) is 28.4. The van der Waals surface area contributed by atoms with Gasteiger partial charge in [-0.15, -0.1) is 5.10 Å². The normalized spacial score (nSPS) is 20.0. The number of nitrogens with zero attached hydrogens (tertiary/aromatic N) is 5. The van der Waals surface area contributed by atoms with E-state index < -0.39 is 16.1 Å². The van der Waals surface area contributed by atoms with E-state index in [-0.39, 0.29) is 24.9 Å². The topological polar surface area (TPSA) is 130 Å². The van der Waals surface area contributed by atoms with Gasteiger partial charge in [-0.05, 0) is 62.6 Å². The highest BCUT2D eigenvalue weighted by molar-refractivity contribution is 7.88. The zero-order chi connectivity index (χ0) is 29.0.